The fraction of sp³-hybridized carbons (Fsp3) is 0.429. The van der Waals surface area contributed by atoms with Crippen LogP contribution in [0.15, 0.2) is 18.2 Å². The van der Waals surface area contributed by atoms with Gasteiger partial charge in [0, 0.05) is 38.3 Å². The third-order valence-electron chi connectivity index (χ3n) is 3.61. The third-order valence-corrected chi connectivity index (χ3v) is 3.61. The number of rotatable bonds is 4. The molecule has 0 aromatic heterocycles. The Morgan fingerprint density at radius 1 is 1.21 bits per heavy atom. The van der Waals surface area contributed by atoms with E-state index in [2.05, 4.69) is 15.6 Å². The number of nitro groups is 1. The lowest BCUT2D eigenvalue weighted by Gasteiger charge is -2.32. The molecule has 1 aliphatic heterocycles. The summed E-state index contributed by atoms with van der Waals surface area (Å²) < 4.78 is 5.04. The molecule has 1 saturated heterocycles. The Balaban J connectivity index is 2.01. The number of likely N-dealkylation sites (N-methyl/N-ethyl adjacent to an activating group) is 1. The molecule has 2 amide bonds. The van der Waals surface area contributed by atoms with Crippen LogP contribution in [0.2, 0.25) is 0 Å². The molecule has 10 heteroatoms. The van der Waals surface area contributed by atoms with Crippen molar-refractivity contribution in [3.8, 4) is 5.75 Å². The summed E-state index contributed by atoms with van der Waals surface area (Å²) in [7, 11) is 3.33. The number of hydrogen-bond donors (Lipinski definition) is 2. The zero-order chi connectivity index (χ0) is 17.7. The number of carbonyl (C=O) groups excluding carboxylic acids is 2. The maximum Gasteiger partial charge on any atom is 0.323 e. The number of non-ortho nitro benzene ring substituents is 1. The molecular weight excluding hydrogens is 318 g/mol. The standard InChI is InChI=1S/C14H19N5O5/c1-17-5-7-18(8-6-17)16-14(21)13(20)15-11-9-10(19(22)23)3-4-12(11)24-2/h3-4,9H,5-8H2,1-2H3,(H,15,20)(H,16,21). The van der Waals surface area contributed by atoms with Gasteiger partial charge in [-0.15, -0.1) is 0 Å². The van der Waals surface area contributed by atoms with E-state index < -0.39 is 16.7 Å². The van der Waals surface area contributed by atoms with E-state index in [9.17, 15) is 19.7 Å². The van der Waals surface area contributed by atoms with Gasteiger partial charge in [-0.25, -0.2) is 5.01 Å². The highest BCUT2D eigenvalue weighted by atomic mass is 16.6. The average molecular weight is 337 g/mol. The number of methoxy groups -OCH3 is 1. The molecule has 1 fully saturated rings. The molecule has 24 heavy (non-hydrogen) atoms. The van der Waals surface area contributed by atoms with Crippen LogP contribution in [-0.4, -0.2) is 67.0 Å². The molecule has 0 aliphatic carbocycles. The lowest BCUT2D eigenvalue weighted by Crippen LogP contribution is -2.54. The van der Waals surface area contributed by atoms with E-state index >= 15 is 0 Å². The van der Waals surface area contributed by atoms with Gasteiger partial charge >= 0.3 is 11.8 Å². The van der Waals surface area contributed by atoms with Gasteiger partial charge in [-0.2, -0.15) is 0 Å². The Morgan fingerprint density at radius 2 is 1.88 bits per heavy atom. The SMILES string of the molecule is COc1ccc([N+](=O)[O-])cc1NC(=O)C(=O)NN1CCN(C)CC1. The molecule has 1 aliphatic rings. The van der Waals surface area contributed by atoms with Crippen molar-refractivity contribution in [2.24, 2.45) is 0 Å². The zero-order valence-electron chi connectivity index (χ0n) is 13.4. The molecule has 0 unspecified atom stereocenters. The monoisotopic (exact) mass is 337 g/mol. The lowest BCUT2D eigenvalue weighted by atomic mass is 10.2. The smallest absolute Gasteiger partial charge is 0.323 e. The van der Waals surface area contributed by atoms with Crippen LogP contribution in [0, 0.1) is 10.1 Å². The van der Waals surface area contributed by atoms with E-state index in [0.29, 0.717) is 13.1 Å². The number of nitrogens with zero attached hydrogens (tertiary/aromatic N) is 3. The summed E-state index contributed by atoms with van der Waals surface area (Å²) in [5.41, 5.74) is 2.36. The van der Waals surface area contributed by atoms with Gasteiger partial charge in [-0.05, 0) is 13.1 Å². The minimum absolute atomic E-state index is 0.0604. The molecular formula is C14H19N5O5. The Labute approximate surface area is 138 Å². The summed E-state index contributed by atoms with van der Waals surface area (Å²) in [5.74, 6) is -1.54. The summed E-state index contributed by atoms with van der Waals surface area (Å²) in [6, 6.07) is 3.74. The highest BCUT2D eigenvalue weighted by Crippen LogP contribution is 2.28. The molecule has 0 bridgehead atoms. The van der Waals surface area contributed by atoms with Gasteiger partial charge in [0.1, 0.15) is 5.75 Å². The molecule has 1 heterocycles. The Morgan fingerprint density at radius 3 is 2.46 bits per heavy atom. The normalized spacial score (nSPS) is 15.6. The topological polar surface area (TPSA) is 117 Å². The van der Waals surface area contributed by atoms with Crippen LogP contribution < -0.4 is 15.5 Å². The van der Waals surface area contributed by atoms with Crippen molar-refractivity contribution in [3.63, 3.8) is 0 Å². The van der Waals surface area contributed by atoms with Crippen molar-refractivity contribution in [2.75, 3.05) is 45.7 Å². The molecule has 10 nitrogen and oxygen atoms in total. The van der Waals surface area contributed by atoms with Gasteiger partial charge in [0.2, 0.25) is 0 Å². The Bertz CT molecular complexity index is 642. The third kappa shape index (κ3) is 4.40. The van der Waals surface area contributed by atoms with Crippen LogP contribution in [0.1, 0.15) is 0 Å². The number of nitro benzene ring substituents is 1. The summed E-state index contributed by atoms with van der Waals surface area (Å²) in [6.45, 7) is 2.77. The number of amides is 2. The van der Waals surface area contributed by atoms with Crippen molar-refractivity contribution >= 4 is 23.2 Å². The van der Waals surface area contributed by atoms with Gasteiger partial charge in [-0.3, -0.25) is 25.1 Å². The van der Waals surface area contributed by atoms with Gasteiger partial charge in [0.15, 0.2) is 0 Å². The summed E-state index contributed by atoms with van der Waals surface area (Å²) in [5, 5.41) is 14.8. The molecule has 0 spiro atoms. The predicted octanol–water partition coefficient (Wildman–Crippen LogP) is -0.179. The molecule has 0 saturated carbocycles. The lowest BCUT2D eigenvalue weighted by molar-refractivity contribution is -0.384. The largest absolute Gasteiger partial charge is 0.495 e. The molecule has 0 atom stereocenters. The van der Waals surface area contributed by atoms with Crippen molar-refractivity contribution in [1.82, 2.24) is 15.3 Å². The fourth-order valence-corrected chi connectivity index (χ4v) is 2.20. The first-order chi connectivity index (χ1) is 11.4. The minimum Gasteiger partial charge on any atom is -0.495 e. The quantitative estimate of drug-likeness (QED) is 0.445. The fourth-order valence-electron chi connectivity index (χ4n) is 2.20. The summed E-state index contributed by atoms with van der Waals surface area (Å²) >= 11 is 0. The van der Waals surface area contributed by atoms with Crippen molar-refractivity contribution < 1.29 is 19.2 Å². The first kappa shape index (κ1) is 17.6. The second kappa shape index (κ2) is 7.70. The van der Waals surface area contributed by atoms with Crippen LogP contribution in [0.5, 0.6) is 5.75 Å². The van der Waals surface area contributed by atoms with E-state index in [1.807, 2.05) is 7.05 Å². The van der Waals surface area contributed by atoms with Crippen LogP contribution in [0.3, 0.4) is 0 Å². The van der Waals surface area contributed by atoms with E-state index in [-0.39, 0.29) is 17.1 Å². The number of piperazine rings is 1. The second-order valence-electron chi connectivity index (χ2n) is 5.33. The predicted molar refractivity (Wildman–Crippen MR) is 85.5 cm³/mol. The molecule has 0 radical (unpaired) electrons. The van der Waals surface area contributed by atoms with E-state index in [1.54, 1.807) is 5.01 Å². The Hall–Kier alpha value is -2.72. The maximum absolute atomic E-state index is 12.0. The van der Waals surface area contributed by atoms with E-state index in [1.165, 1.54) is 19.2 Å². The van der Waals surface area contributed by atoms with E-state index in [0.717, 1.165) is 19.2 Å². The molecule has 1 aromatic carbocycles. The number of carbonyl (C=O) groups is 2. The zero-order valence-corrected chi connectivity index (χ0v) is 13.4. The molecule has 1 aromatic rings. The summed E-state index contributed by atoms with van der Waals surface area (Å²) in [4.78, 5) is 36.3. The number of hydrogen-bond acceptors (Lipinski definition) is 7. The number of hydrazine groups is 1. The van der Waals surface area contributed by atoms with Crippen molar-refractivity contribution in [1.29, 1.82) is 0 Å². The van der Waals surface area contributed by atoms with Gasteiger partial charge in [-0.1, -0.05) is 0 Å². The number of anilines is 1. The molecule has 130 valence electrons. The van der Waals surface area contributed by atoms with Crippen LogP contribution in [0.25, 0.3) is 0 Å². The minimum atomic E-state index is -0.923. The van der Waals surface area contributed by atoms with Crippen molar-refractivity contribution in [2.45, 2.75) is 0 Å². The number of benzene rings is 1. The first-order valence-corrected chi connectivity index (χ1v) is 7.28. The van der Waals surface area contributed by atoms with Crippen LogP contribution in [-0.2, 0) is 9.59 Å². The van der Waals surface area contributed by atoms with Gasteiger partial charge in [0.25, 0.3) is 5.69 Å². The van der Waals surface area contributed by atoms with Crippen LogP contribution in [0.4, 0.5) is 11.4 Å². The Kier molecular flexibility index (Phi) is 5.66. The maximum atomic E-state index is 12.0. The molecule has 2 rings (SSSR count). The average Bonchev–Trinajstić information content (AvgIpc) is 2.56. The first-order valence-electron chi connectivity index (χ1n) is 7.28. The van der Waals surface area contributed by atoms with E-state index in [4.69, 9.17) is 4.74 Å². The second-order valence-corrected chi connectivity index (χ2v) is 5.33. The summed E-state index contributed by atoms with van der Waals surface area (Å²) in [6.07, 6.45) is 0. The number of ether oxygens (including phenoxy) is 1. The van der Waals surface area contributed by atoms with Gasteiger partial charge < -0.3 is 15.0 Å². The molecule has 2 N–H and O–H groups in total. The van der Waals surface area contributed by atoms with Crippen LogP contribution >= 0.6 is 0 Å². The number of nitrogens with one attached hydrogen (secondary N) is 2. The highest BCUT2D eigenvalue weighted by molar-refractivity contribution is 6.39. The highest BCUT2D eigenvalue weighted by Gasteiger charge is 2.22. The van der Waals surface area contributed by atoms with Gasteiger partial charge in [0.05, 0.1) is 17.7 Å². The van der Waals surface area contributed by atoms with Crippen molar-refractivity contribution in [3.05, 3.63) is 28.3 Å².